The lowest BCUT2D eigenvalue weighted by Crippen LogP contribution is -2.11. The molecule has 3 aromatic carbocycles. The second kappa shape index (κ2) is 4.73. The van der Waals surface area contributed by atoms with Crippen LogP contribution in [0.2, 0.25) is 0 Å². The molecular weight excluding hydrogens is 305 g/mol. The van der Waals surface area contributed by atoms with Crippen LogP contribution in [-0.4, -0.2) is 5.11 Å². The van der Waals surface area contributed by atoms with Crippen LogP contribution in [0.3, 0.4) is 0 Å². The molecule has 5 heteroatoms. The molecule has 0 spiro atoms. The van der Waals surface area contributed by atoms with Crippen molar-refractivity contribution in [2.45, 2.75) is 12.3 Å². The lowest BCUT2D eigenvalue weighted by atomic mass is 9.91. The molecule has 1 unspecified atom stereocenters. The summed E-state index contributed by atoms with van der Waals surface area (Å²) in [5.74, 6) is 0.891. The minimum atomic E-state index is -4.45. The van der Waals surface area contributed by atoms with Gasteiger partial charge in [0.05, 0.1) is 5.56 Å². The summed E-state index contributed by atoms with van der Waals surface area (Å²) in [7, 11) is 0. The maximum absolute atomic E-state index is 13.2. The van der Waals surface area contributed by atoms with Crippen LogP contribution in [0.25, 0.3) is 10.8 Å². The number of fused-ring (bicyclic) bond motifs is 4. The molecule has 1 aliphatic rings. The Hall–Kier alpha value is -2.53. The molecule has 0 saturated heterocycles. The molecule has 1 atom stereocenters. The summed E-state index contributed by atoms with van der Waals surface area (Å²) in [6.07, 6.45) is -5.48. The summed E-state index contributed by atoms with van der Waals surface area (Å²) < 4.78 is 45.3. The molecule has 116 valence electrons. The van der Waals surface area contributed by atoms with Crippen LogP contribution in [0, 0.1) is 0 Å². The first-order valence-corrected chi connectivity index (χ1v) is 7.04. The van der Waals surface area contributed by atoms with Crippen LogP contribution in [0.5, 0.6) is 11.5 Å². The number of aliphatic hydroxyl groups excluding tert-OH is 1. The average Bonchev–Trinajstić information content (AvgIpc) is 2.53. The maximum atomic E-state index is 13.2. The molecule has 3 aromatic rings. The van der Waals surface area contributed by atoms with E-state index in [0.29, 0.717) is 28.0 Å². The van der Waals surface area contributed by atoms with Gasteiger partial charge < -0.3 is 9.84 Å². The Morgan fingerprint density at radius 1 is 0.826 bits per heavy atom. The van der Waals surface area contributed by atoms with Crippen LogP contribution in [0.1, 0.15) is 22.8 Å². The molecule has 0 amide bonds. The summed E-state index contributed by atoms with van der Waals surface area (Å²) in [4.78, 5) is 0. The number of benzene rings is 3. The van der Waals surface area contributed by atoms with Gasteiger partial charge in [0.1, 0.15) is 17.6 Å². The second-order valence-electron chi connectivity index (χ2n) is 5.42. The Bertz CT molecular complexity index is 916. The van der Waals surface area contributed by atoms with Gasteiger partial charge in [-0.3, -0.25) is 0 Å². The number of halogens is 3. The van der Waals surface area contributed by atoms with Crippen molar-refractivity contribution in [2.24, 2.45) is 0 Å². The molecule has 2 nitrogen and oxygen atoms in total. The van der Waals surface area contributed by atoms with Crippen molar-refractivity contribution in [2.75, 3.05) is 0 Å². The molecule has 0 aromatic heterocycles. The standard InChI is InChI=1S/C18H11F3O2/c19-18(20,21)13-6-3-5-11-10(13)8-9-15-16(11)17(22)12-4-1-2-7-14(12)23-15/h1-9,17,22H. The average molecular weight is 316 g/mol. The van der Waals surface area contributed by atoms with Crippen molar-refractivity contribution in [1.29, 1.82) is 0 Å². The number of aliphatic hydroxyl groups is 1. The summed E-state index contributed by atoms with van der Waals surface area (Å²) in [5.41, 5.74) is 0.195. The number of rotatable bonds is 0. The SMILES string of the molecule is OC1c2ccccc2Oc2ccc3c(C(F)(F)F)cccc3c21. The molecule has 4 rings (SSSR count). The Labute approximate surface area is 129 Å². The highest BCUT2D eigenvalue weighted by Gasteiger charge is 2.34. The van der Waals surface area contributed by atoms with Crippen LogP contribution in [0.15, 0.2) is 54.6 Å². The Morgan fingerprint density at radius 2 is 1.61 bits per heavy atom. The van der Waals surface area contributed by atoms with Crippen LogP contribution in [-0.2, 0) is 6.18 Å². The highest BCUT2D eigenvalue weighted by atomic mass is 19.4. The van der Waals surface area contributed by atoms with E-state index in [2.05, 4.69) is 0 Å². The first kappa shape index (κ1) is 14.1. The Balaban J connectivity index is 2.01. The van der Waals surface area contributed by atoms with Gasteiger partial charge in [-0.1, -0.05) is 36.4 Å². The van der Waals surface area contributed by atoms with E-state index in [1.54, 1.807) is 30.3 Å². The molecule has 1 aliphatic heterocycles. The van der Waals surface area contributed by atoms with Crippen LogP contribution < -0.4 is 4.74 Å². The zero-order chi connectivity index (χ0) is 16.2. The molecule has 1 N–H and O–H groups in total. The van der Waals surface area contributed by atoms with Crippen molar-refractivity contribution < 1.29 is 23.0 Å². The topological polar surface area (TPSA) is 29.5 Å². The van der Waals surface area contributed by atoms with Gasteiger partial charge in [-0.15, -0.1) is 0 Å². The predicted octanol–water partition coefficient (Wildman–Crippen LogP) is 5.05. The van der Waals surface area contributed by atoms with Gasteiger partial charge >= 0.3 is 6.18 Å². The van der Waals surface area contributed by atoms with Gasteiger partial charge in [0.25, 0.3) is 0 Å². The predicted molar refractivity (Wildman–Crippen MR) is 79.5 cm³/mol. The third-order valence-electron chi connectivity index (χ3n) is 4.08. The first-order valence-electron chi connectivity index (χ1n) is 7.04. The van der Waals surface area contributed by atoms with E-state index >= 15 is 0 Å². The molecule has 23 heavy (non-hydrogen) atoms. The van der Waals surface area contributed by atoms with E-state index in [0.717, 1.165) is 6.07 Å². The lowest BCUT2D eigenvalue weighted by molar-refractivity contribution is -0.136. The Morgan fingerprint density at radius 3 is 2.39 bits per heavy atom. The summed E-state index contributed by atoms with van der Waals surface area (Å²) in [5, 5.41) is 11.0. The van der Waals surface area contributed by atoms with E-state index < -0.39 is 17.8 Å². The zero-order valence-electron chi connectivity index (χ0n) is 11.8. The first-order chi connectivity index (χ1) is 11.0. The van der Waals surface area contributed by atoms with Gasteiger partial charge in [-0.25, -0.2) is 0 Å². The fraction of sp³-hybridized carbons (Fsp3) is 0.111. The van der Waals surface area contributed by atoms with Crippen LogP contribution >= 0.6 is 0 Å². The normalized spacial score (nSPS) is 16.6. The second-order valence-corrected chi connectivity index (χ2v) is 5.42. The highest BCUT2D eigenvalue weighted by molar-refractivity contribution is 5.92. The maximum Gasteiger partial charge on any atom is 0.417 e. The highest BCUT2D eigenvalue weighted by Crippen LogP contribution is 2.47. The van der Waals surface area contributed by atoms with E-state index in [1.807, 2.05) is 0 Å². The van der Waals surface area contributed by atoms with Gasteiger partial charge in [-0.05, 0) is 29.0 Å². The number of hydrogen-bond donors (Lipinski definition) is 1. The van der Waals surface area contributed by atoms with E-state index in [1.165, 1.54) is 18.2 Å². The van der Waals surface area contributed by atoms with Crippen LogP contribution in [0.4, 0.5) is 13.2 Å². The van der Waals surface area contributed by atoms with Gasteiger partial charge in [0.15, 0.2) is 0 Å². The third kappa shape index (κ3) is 2.08. The van der Waals surface area contributed by atoms with Crippen molar-refractivity contribution in [3.63, 3.8) is 0 Å². The monoisotopic (exact) mass is 316 g/mol. The van der Waals surface area contributed by atoms with Crippen molar-refractivity contribution in [3.8, 4) is 11.5 Å². The number of ether oxygens (including phenoxy) is 1. The fourth-order valence-corrected chi connectivity index (χ4v) is 3.05. The third-order valence-corrected chi connectivity index (χ3v) is 4.08. The van der Waals surface area contributed by atoms with E-state index in [-0.39, 0.29) is 5.39 Å². The Kier molecular flexibility index (Phi) is 2.90. The zero-order valence-corrected chi connectivity index (χ0v) is 11.8. The van der Waals surface area contributed by atoms with Crippen molar-refractivity contribution >= 4 is 10.8 Å². The molecular formula is C18H11F3O2. The summed E-state index contributed by atoms with van der Waals surface area (Å²) in [6.45, 7) is 0. The lowest BCUT2D eigenvalue weighted by Gasteiger charge is -2.26. The number of para-hydroxylation sites is 1. The van der Waals surface area contributed by atoms with Crippen molar-refractivity contribution in [3.05, 3.63) is 71.3 Å². The minimum absolute atomic E-state index is 0.0563. The minimum Gasteiger partial charge on any atom is -0.457 e. The van der Waals surface area contributed by atoms with Gasteiger partial charge in [0.2, 0.25) is 0 Å². The number of alkyl halides is 3. The molecule has 0 bridgehead atoms. The largest absolute Gasteiger partial charge is 0.457 e. The molecule has 0 aliphatic carbocycles. The number of hydrogen-bond acceptors (Lipinski definition) is 2. The van der Waals surface area contributed by atoms with Gasteiger partial charge in [0, 0.05) is 11.1 Å². The van der Waals surface area contributed by atoms with E-state index in [9.17, 15) is 18.3 Å². The summed E-state index contributed by atoms with van der Waals surface area (Å²) in [6, 6.07) is 13.8. The molecule has 1 heterocycles. The van der Waals surface area contributed by atoms with E-state index in [4.69, 9.17) is 4.74 Å². The molecule has 0 fully saturated rings. The fourth-order valence-electron chi connectivity index (χ4n) is 3.05. The quantitative estimate of drug-likeness (QED) is 0.629. The smallest absolute Gasteiger partial charge is 0.417 e. The molecule has 0 radical (unpaired) electrons. The van der Waals surface area contributed by atoms with Crippen molar-refractivity contribution in [1.82, 2.24) is 0 Å². The molecule has 0 saturated carbocycles. The van der Waals surface area contributed by atoms with Gasteiger partial charge in [-0.2, -0.15) is 13.2 Å². The summed E-state index contributed by atoms with van der Waals surface area (Å²) >= 11 is 0.